The quantitative estimate of drug-likeness (QED) is 0.595. The molecule has 0 aromatic heterocycles. The highest BCUT2D eigenvalue weighted by molar-refractivity contribution is 4.98. The van der Waals surface area contributed by atoms with Gasteiger partial charge in [0.05, 0.1) is 0 Å². The van der Waals surface area contributed by atoms with E-state index in [-0.39, 0.29) is 0 Å². The maximum Gasteiger partial charge on any atom is -0.0267 e. The standard InChI is InChI=1S/C12H24/c1-6-10(4)12(5)8-9(3)11(12)7-2/h9-11H,6-8H2,1-5H3. The van der Waals surface area contributed by atoms with Gasteiger partial charge in [0.25, 0.3) is 0 Å². The molecule has 1 rings (SSSR count). The Labute approximate surface area is 77.7 Å². The van der Waals surface area contributed by atoms with E-state index in [1.807, 2.05) is 0 Å². The third-order valence-corrected chi connectivity index (χ3v) is 4.47. The van der Waals surface area contributed by atoms with Crippen LogP contribution in [0.3, 0.4) is 0 Å². The van der Waals surface area contributed by atoms with Gasteiger partial charge in [0.2, 0.25) is 0 Å². The van der Waals surface area contributed by atoms with Gasteiger partial charge >= 0.3 is 0 Å². The molecule has 72 valence electrons. The van der Waals surface area contributed by atoms with E-state index in [0.717, 1.165) is 17.8 Å². The van der Waals surface area contributed by atoms with Crippen molar-refractivity contribution >= 4 is 0 Å². The van der Waals surface area contributed by atoms with E-state index >= 15 is 0 Å². The fraction of sp³-hybridized carbons (Fsp3) is 1.00. The Balaban J connectivity index is 2.61. The van der Waals surface area contributed by atoms with Crippen molar-refractivity contribution in [1.82, 2.24) is 0 Å². The summed E-state index contributed by atoms with van der Waals surface area (Å²) in [6.45, 7) is 12.0. The topological polar surface area (TPSA) is 0 Å². The van der Waals surface area contributed by atoms with Gasteiger partial charge in [0, 0.05) is 0 Å². The minimum Gasteiger partial charge on any atom is -0.0651 e. The molecule has 0 aromatic carbocycles. The zero-order chi connectivity index (χ0) is 9.35. The second kappa shape index (κ2) is 3.40. The first-order chi connectivity index (χ1) is 5.56. The van der Waals surface area contributed by atoms with Gasteiger partial charge in [-0.15, -0.1) is 0 Å². The van der Waals surface area contributed by atoms with E-state index in [2.05, 4.69) is 34.6 Å². The Morgan fingerprint density at radius 1 is 1.42 bits per heavy atom. The van der Waals surface area contributed by atoms with Crippen molar-refractivity contribution < 1.29 is 0 Å². The van der Waals surface area contributed by atoms with Gasteiger partial charge in [-0.1, -0.05) is 47.5 Å². The Kier molecular flexibility index (Phi) is 2.85. The minimum atomic E-state index is 0.670. The van der Waals surface area contributed by atoms with Crippen LogP contribution in [0.2, 0.25) is 0 Å². The van der Waals surface area contributed by atoms with E-state index in [1.165, 1.54) is 19.3 Å². The molecule has 12 heavy (non-hydrogen) atoms. The molecule has 0 nitrogen and oxygen atoms in total. The third kappa shape index (κ3) is 1.30. The molecule has 0 bridgehead atoms. The fourth-order valence-electron chi connectivity index (χ4n) is 3.38. The summed E-state index contributed by atoms with van der Waals surface area (Å²) in [6.07, 6.45) is 4.18. The van der Waals surface area contributed by atoms with Gasteiger partial charge in [-0.2, -0.15) is 0 Å². The Morgan fingerprint density at radius 2 is 2.00 bits per heavy atom. The minimum absolute atomic E-state index is 0.670. The van der Waals surface area contributed by atoms with Crippen molar-refractivity contribution in [2.45, 2.75) is 53.9 Å². The molecule has 4 atom stereocenters. The van der Waals surface area contributed by atoms with Crippen molar-refractivity contribution in [2.24, 2.45) is 23.2 Å². The summed E-state index contributed by atoms with van der Waals surface area (Å²) in [4.78, 5) is 0. The van der Waals surface area contributed by atoms with Gasteiger partial charge in [0.1, 0.15) is 0 Å². The first-order valence-corrected chi connectivity index (χ1v) is 5.56. The number of rotatable bonds is 3. The third-order valence-electron chi connectivity index (χ3n) is 4.47. The van der Waals surface area contributed by atoms with E-state index in [4.69, 9.17) is 0 Å². The van der Waals surface area contributed by atoms with Crippen LogP contribution >= 0.6 is 0 Å². The predicted octanol–water partition coefficient (Wildman–Crippen LogP) is 4.10. The smallest absolute Gasteiger partial charge is 0.0267 e. The van der Waals surface area contributed by atoms with E-state index in [9.17, 15) is 0 Å². The predicted molar refractivity (Wildman–Crippen MR) is 55.1 cm³/mol. The molecule has 4 unspecified atom stereocenters. The highest BCUT2D eigenvalue weighted by Crippen LogP contribution is 2.57. The Bertz CT molecular complexity index is 150. The molecule has 0 radical (unpaired) electrons. The molecule has 0 saturated heterocycles. The largest absolute Gasteiger partial charge is 0.0651 e. The lowest BCUT2D eigenvalue weighted by Crippen LogP contribution is -2.48. The van der Waals surface area contributed by atoms with Crippen LogP contribution in [0.25, 0.3) is 0 Å². The lowest BCUT2D eigenvalue weighted by atomic mass is 9.49. The van der Waals surface area contributed by atoms with Gasteiger partial charge in [0.15, 0.2) is 0 Å². The van der Waals surface area contributed by atoms with Gasteiger partial charge < -0.3 is 0 Å². The van der Waals surface area contributed by atoms with Crippen molar-refractivity contribution in [2.75, 3.05) is 0 Å². The Morgan fingerprint density at radius 3 is 2.33 bits per heavy atom. The average molecular weight is 168 g/mol. The number of hydrogen-bond donors (Lipinski definition) is 0. The van der Waals surface area contributed by atoms with Gasteiger partial charge in [-0.3, -0.25) is 0 Å². The van der Waals surface area contributed by atoms with E-state index in [0.29, 0.717) is 5.41 Å². The van der Waals surface area contributed by atoms with Gasteiger partial charge in [-0.05, 0) is 29.6 Å². The second-order valence-corrected chi connectivity index (χ2v) is 5.01. The van der Waals surface area contributed by atoms with E-state index < -0.39 is 0 Å². The monoisotopic (exact) mass is 168 g/mol. The molecule has 0 spiro atoms. The maximum atomic E-state index is 2.50. The molecule has 0 heterocycles. The molecule has 0 N–H and O–H groups in total. The second-order valence-electron chi connectivity index (χ2n) is 5.01. The van der Waals surface area contributed by atoms with Crippen LogP contribution in [-0.4, -0.2) is 0 Å². The first-order valence-electron chi connectivity index (χ1n) is 5.56. The van der Waals surface area contributed by atoms with Crippen molar-refractivity contribution in [3.05, 3.63) is 0 Å². The zero-order valence-electron chi connectivity index (χ0n) is 9.35. The molecule has 1 fully saturated rings. The lowest BCUT2D eigenvalue weighted by Gasteiger charge is -2.56. The molecule has 0 aromatic rings. The van der Waals surface area contributed by atoms with Crippen LogP contribution in [0.4, 0.5) is 0 Å². The first kappa shape index (κ1) is 10.1. The molecule has 1 saturated carbocycles. The van der Waals surface area contributed by atoms with Crippen LogP contribution in [0, 0.1) is 23.2 Å². The van der Waals surface area contributed by atoms with Crippen LogP contribution in [0.5, 0.6) is 0 Å². The van der Waals surface area contributed by atoms with Crippen LogP contribution in [0.1, 0.15) is 53.9 Å². The molecule has 0 heteroatoms. The van der Waals surface area contributed by atoms with Crippen LogP contribution < -0.4 is 0 Å². The van der Waals surface area contributed by atoms with Crippen molar-refractivity contribution in [3.8, 4) is 0 Å². The van der Waals surface area contributed by atoms with Gasteiger partial charge in [-0.25, -0.2) is 0 Å². The molecule has 0 aliphatic heterocycles. The zero-order valence-corrected chi connectivity index (χ0v) is 9.35. The summed E-state index contributed by atoms with van der Waals surface area (Å²) in [5.41, 5.74) is 0.670. The van der Waals surface area contributed by atoms with Crippen molar-refractivity contribution in [1.29, 1.82) is 0 Å². The highest BCUT2D eigenvalue weighted by Gasteiger charge is 2.49. The SMILES string of the molecule is CCC(C)C1(C)CC(C)C1CC. The average Bonchev–Trinajstić information content (AvgIpc) is 2.02. The molecular formula is C12H24. The Hall–Kier alpha value is 0. The van der Waals surface area contributed by atoms with Crippen molar-refractivity contribution in [3.63, 3.8) is 0 Å². The summed E-state index contributed by atoms with van der Waals surface area (Å²) in [6, 6.07) is 0. The summed E-state index contributed by atoms with van der Waals surface area (Å²) in [7, 11) is 0. The molecule has 0 amide bonds. The summed E-state index contributed by atoms with van der Waals surface area (Å²) >= 11 is 0. The number of hydrogen-bond acceptors (Lipinski definition) is 0. The summed E-state index contributed by atoms with van der Waals surface area (Å²) in [5, 5.41) is 0. The van der Waals surface area contributed by atoms with Crippen LogP contribution in [0.15, 0.2) is 0 Å². The van der Waals surface area contributed by atoms with E-state index in [1.54, 1.807) is 0 Å². The lowest BCUT2D eigenvalue weighted by molar-refractivity contribution is -0.0655. The highest BCUT2D eigenvalue weighted by atomic mass is 14.5. The van der Waals surface area contributed by atoms with Crippen LogP contribution in [-0.2, 0) is 0 Å². The fourth-order valence-corrected chi connectivity index (χ4v) is 3.38. The summed E-state index contributed by atoms with van der Waals surface area (Å²) < 4.78 is 0. The summed E-state index contributed by atoms with van der Waals surface area (Å²) in [5.74, 6) is 2.89. The maximum absolute atomic E-state index is 2.50. The molecule has 1 aliphatic rings. The normalized spacial score (nSPS) is 43.8. The molecular weight excluding hydrogens is 144 g/mol. The molecule has 1 aliphatic carbocycles.